The molecule has 162 valence electrons. The molecule has 9 nitrogen and oxygen atoms in total. The smallest absolute Gasteiger partial charge is 0.355 e. The molecule has 31 heavy (non-hydrogen) atoms. The summed E-state index contributed by atoms with van der Waals surface area (Å²) in [6.07, 6.45) is 0. The first kappa shape index (κ1) is 21.8. The Hall–Kier alpha value is -3.88. The van der Waals surface area contributed by atoms with Crippen molar-refractivity contribution in [3.63, 3.8) is 0 Å². The third kappa shape index (κ3) is 4.66. The van der Waals surface area contributed by atoms with E-state index < -0.39 is 17.6 Å². The number of hydrogen-bond acceptors (Lipinski definition) is 7. The molecule has 2 N–H and O–H groups in total. The van der Waals surface area contributed by atoms with E-state index in [4.69, 9.17) is 13.9 Å². The number of esters is 2. The van der Waals surface area contributed by atoms with Gasteiger partial charge >= 0.3 is 17.6 Å². The largest absolute Gasteiger partial charge is 0.461 e. The highest BCUT2D eigenvalue weighted by atomic mass is 16.5. The summed E-state index contributed by atoms with van der Waals surface area (Å²) in [5.74, 6) is -1.45. The Morgan fingerprint density at radius 1 is 1.10 bits per heavy atom. The number of hydrogen-bond donors (Lipinski definition) is 2. The average Bonchev–Trinajstić information content (AvgIpc) is 2.99. The number of aryl methyl sites for hydroxylation is 1. The molecule has 0 bridgehead atoms. The van der Waals surface area contributed by atoms with Crippen LogP contribution in [0.5, 0.6) is 0 Å². The van der Waals surface area contributed by atoms with Crippen LogP contribution in [-0.4, -0.2) is 29.4 Å². The number of benzene rings is 1. The molecule has 2 aromatic heterocycles. The molecule has 0 saturated heterocycles. The van der Waals surface area contributed by atoms with E-state index in [2.05, 4.69) is 10.3 Å². The van der Waals surface area contributed by atoms with Gasteiger partial charge in [-0.1, -0.05) is 0 Å². The van der Waals surface area contributed by atoms with Gasteiger partial charge in [-0.15, -0.1) is 0 Å². The van der Waals surface area contributed by atoms with Gasteiger partial charge in [0, 0.05) is 41.4 Å². The minimum atomic E-state index is -0.641. The van der Waals surface area contributed by atoms with Gasteiger partial charge in [-0.2, -0.15) is 0 Å². The maximum atomic E-state index is 12.7. The van der Waals surface area contributed by atoms with Crippen LogP contribution in [0.4, 0.5) is 5.69 Å². The van der Waals surface area contributed by atoms with Gasteiger partial charge in [0.15, 0.2) is 0 Å². The first-order chi connectivity index (χ1) is 14.7. The lowest BCUT2D eigenvalue weighted by Crippen LogP contribution is -2.11. The van der Waals surface area contributed by atoms with Gasteiger partial charge in [0.2, 0.25) is 5.91 Å². The van der Waals surface area contributed by atoms with Crippen LogP contribution in [0.1, 0.15) is 51.5 Å². The van der Waals surface area contributed by atoms with Crippen LogP contribution in [0.3, 0.4) is 0 Å². The van der Waals surface area contributed by atoms with Crippen LogP contribution < -0.4 is 10.9 Å². The van der Waals surface area contributed by atoms with Crippen molar-refractivity contribution in [2.75, 3.05) is 11.9 Å². The van der Waals surface area contributed by atoms with E-state index >= 15 is 0 Å². The van der Waals surface area contributed by atoms with Crippen LogP contribution >= 0.6 is 0 Å². The van der Waals surface area contributed by atoms with Crippen molar-refractivity contribution in [2.24, 2.45) is 0 Å². The summed E-state index contributed by atoms with van der Waals surface area (Å²) in [4.78, 5) is 50.8. The summed E-state index contributed by atoms with van der Waals surface area (Å²) in [6, 6.07) is 6.09. The summed E-state index contributed by atoms with van der Waals surface area (Å²) in [5, 5.41) is 3.18. The van der Waals surface area contributed by atoms with E-state index in [0.29, 0.717) is 27.9 Å². The van der Waals surface area contributed by atoms with Crippen LogP contribution in [0.15, 0.2) is 33.5 Å². The van der Waals surface area contributed by atoms with Gasteiger partial charge < -0.3 is 24.2 Å². The lowest BCUT2D eigenvalue weighted by Gasteiger charge is -2.09. The van der Waals surface area contributed by atoms with Gasteiger partial charge in [0.05, 0.1) is 12.2 Å². The minimum Gasteiger partial charge on any atom is -0.461 e. The standard InChI is InChI=1S/C22H22N2O7/c1-5-29-22(28)20-11(2)19(12(3)23-20)21(27)30-10-14-8-18(26)31-17-9-15(24-13(4)25)6-7-16(14)17/h6-9,23H,5,10H2,1-4H3,(H,24,25). The van der Waals surface area contributed by atoms with Crippen molar-refractivity contribution in [2.45, 2.75) is 34.3 Å². The van der Waals surface area contributed by atoms with Gasteiger partial charge in [-0.25, -0.2) is 14.4 Å². The molecule has 0 saturated carbocycles. The summed E-state index contributed by atoms with van der Waals surface area (Å²) in [7, 11) is 0. The van der Waals surface area contributed by atoms with Crippen LogP contribution in [0.2, 0.25) is 0 Å². The Morgan fingerprint density at radius 3 is 2.52 bits per heavy atom. The molecule has 1 aromatic carbocycles. The van der Waals surface area contributed by atoms with E-state index in [1.54, 1.807) is 32.9 Å². The number of rotatable bonds is 6. The summed E-state index contributed by atoms with van der Waals surface area (Å²) < 4.78 is 15.6. The summed E-state index contributed by atoms with van der Waals surface area (Å²) >= 11 is 0. The van der Waals surface area contributed by atoms with Crippen molar-refractivity contribution < 1.29 is 28.3 Å². The Bertz CT molecular complexity index is 1240. The predicted molar refractivity (Wildman–Crippen MR) is 112 cm³/mol. The van der Waals surface area contributed by atoms with E-state index in [9.17, 15) is 19.2 Å². The lowest BCUT2D eigenvalue weighted by molar-refractivity contribution is -0.114. The Labute approximate surface area is 177 Å². The van der Waals surface area contributed by atoms with E-state index in [-0.39, 0.29) is 36.0 Å². The van der Waals surface area contributed by atoms with Crippen LogP contribution in [0.25, 0.3) is 11.0 Å². The molecule has 0 aliphatic heterocycles. The first-order valence-electron chi connectivity index (χ1n) is 9.59. The summed E-state index contributed by atoms with van der Waals surface area (Å²) in [5.41, 5.74) is 1.90. The predicted octanol–water partition coefficient (Wildman–Crippen LogP) is 3.23. The SMILES string of the molecule is CCOC(=O)c1[nH]c(C)c(C(=O)OCc2cc(=O)oc3cc(NC(C)=O)ccc23)c1C. The fraction of sp³-hybridized carbons (Fsp3) is 0.273. The molecule has 0 fully saturated rings. The Balaban J connectivity index is 1.86. The second kappa shape index (κ2) is 8.86. The quantitative estimate of drug-likeness (QED) is 0.457. The molecule has 1 amide bonds. The second-order valence-corrected chi connectivity index (χ2v) is 6.90. The topological polar surface area (TPSA) is 128 Å². The monoisotopic (exact) mass is 426 g/mol. The molecular weight excluding hydrogens is 404 g/mol. The molecule has 9 heteroatoms. The van der Waals surface area contributed by atoms with Crippen molar-refractivity contribution in [3.8, 4) is 0 Å². The number of nitrogens with one attached hydrogen (secondary N) is 2. The van der Waals surface area contributed by atoms with E-state index in [1.807, 2.05) is 0 Å². The zero-order valence-corrected chi connectivity index (χ0v) is 17.6. The number of aromatic nitrogens is 1. The van der Waals surface area contributed by atoms with Gasteiger partial charge in [0.1, 0.15) is 17.9 Å². The highest BCUT2D eigenvalue weighted by Crippen LogP contribution is 2.24. The number of carbonyl (C=O) groups is 3. The molecule has 0 radical (unpaired) electrons. The molecule has 3 rings (SSSR count). The van der Waals surface area contributed by atoms with Crippen molar-refractivity contribution in [3.05, 3.63) is 62.8 Å². The van der Waals surface area contributed by atoms with Gasteiger partial charge in [-0.05, 0) is 38.5 Å². The fourth-order valence-corrected chi connectivity index (χ4v) is 3.31. The number of amides is 1. The Morgan fingerprint density at radius 2 is 1.84 bits per heavy atom. The molecule has 3 aromatic rings. The zero-order valence-electron chi connectivity index (χ0n) is 17.6. The molecule has 0 aliphatic carbocycles. The Kier molecular flexibility index (Phi) is 6.24. The number of anilines is 1. The molecule has 2 heterocycles. The lowest BCUT2D eigenvalue weighted by atomic mass is 10.1. The average molecular weight is 426 g/mol. The molecule has 0 unspecified atom stereocenters. The number of fused-ring (bicyclic) bond motifs is 1. The normalized spacial score (nSPS) is 10.7. The first-order valence-corrected chi connectivity index (χ1v) is 9.59. The summed E-state index contributed by atoms with van der Waals surface area (Å²) in [6.45, 7) is 6.38. The highest BCUT2D eigenvalue weighted by Gasteiger charge is 2.24. The highest BCUT2D eigenvalue weighted by molar-refractivity contribution is 5.98. The molecular formula is C22H22N2O7. The van der Waals surface area contributed by atoms with Crippen LogP contribution in [0, 0.1) is 13.8 Å². The number of H-pyrrole nitrogens is 1. The number of ether oxygens (including phenoxy) is 2. The van der Waals surface area contributed by atoms with E-state index in [0.717, 1.165) is 0 Å². The van der Waals surface area contributed by atoms with Crippen molar-refractivity contribution >= 4 is 34.5 Å². The van der Waals surface area contributed by atoms with Gasteiger partial charge in [0.25, 0.3) is 0 Å². The molecule has 0 atom stereocenters. The second-order valence-electron chi connectivity index (χ2n) is 6.90. The maximum Gasteiger partial charge on any atom is 0.355 e. The third-order valence-corrected chi connectivity index (χ3v) is 4.63. The van der Waals surface area contributed by atoms with Crippen LogP contribution in [-0.2, 0) is 20.9 Å². The third-order valence-electron chi connectivity index (χ3n) is 4.63. The van der Waals surface area contributed by atoms with Crippen molar-refractivity contribution in [1.29, 1.82) is 0 Å². The zero-order chi connectivity index (χ0) is 22.7. The molecule has 0 aliphatic rings. The minimum absolute atomic E-state index is 0.181. The van der Waals surface area contributed by atoms with Crippen molar-refractivity contribution in [1.82, 2.24) is 4.98 Å². The van der Waals surface area contributed by atoms with Gasteiger partial charge in [-0.3, -0.25) is 4.79 Å². The molecule has 0 spiro atoms. The fourth-order valence-electron chi connectivity index (χ4n) is 3.31. The maximum absolute atomic E-state index is 12.7. The van der Waals surface area contributed by atoms with E-state index in [1.165, 1.54) is 19.1 Å². The number of carbonyl (C=O) groups excluding carboxylic acids is 3. The number of aromatic amines is 1.